The molecule has 3 aliphatic rings. The Labute approximate surface area is 112 Å². The summed E-state index contributed by atoms with van der Waals surface area (Å²) in [6.45, 7) is 4.59. The molecule has 0 amide bonds. The van der Waals surface area contributed by atoms with Gasteiger partial charge in [0.15, 0.2) is 0 Å². The fourth-order valence-electron chi connectivity index (χ4n) is 3.20. The molecule has 2 nitrogen and oxygen atoms in total. The summed E-state index contributed by atoms with van der Waals surface area (Å²) in [7, 11) is 0. The van der Waals surface area contributed by atoms with Crippen LogP contribution < -0.4 is 0 Å². The van der Waals surface area contributed by atoms with E-state index in [0.717, 1.165) is 23.7 Å². The third-order valence-electron chi connectivity index (χ3n) is 4.63. The minimum absolute atomic E-state index is 0.239. The molecular weight excluding hydrogens is 244 g/mol. The van der Waals surface area contributed by atoms with Gasteiger partial charge in [0, 0.05) is 5.57 Å². The van der Waals surface area contributed by atoms with E-state index in [0.29, 0.717) is 17.1 Å². The highest BCUT2D eigenvalue weighted by Gasteiger charge is 2.52. The van der Waals surface area contributed by atoms with E-state index in [9.17, 15) is 4.79 Å². The van der Waals surface area contributed by atoms with Gasteiger partial charge in [0.25, 0.3) is 0 Å². The minimum Gasteiger partial charge on any atom is -0.468 e. The Balaban J connectivity index is 1.65. The number of thioether (sulfide) groups is 1. The van der Waals surface area contributed by atoms with Crippen molar-refractivity contribution in [3.05, 3.63) is 35.8 Å². The van der Waals surface area contributed by atoms with Crippen LogP contribution in [0, 0.1) is 17.3 Å². The van der Waals surface area contributed by atoms with E-state index in [1.54, 1.807) is 6.26 Å². The zero-order valence-corrected chi connectivity index (χ0v) is 11.6. The lowest BCUT2D eigenvalue weighted by Gasteiger charge is -2.55. The van der Waals surface area contributed by atoms with Crippen LogP contribution in [-0.2, 0) is 10.5 Å². The van der Waals surface area contributed by atoms with Gasteiger partial charge in [-0.3, -0.25) is 4.79 Å². The maximum absolute atomic E-state index is 12.3. The molecule has 3 heteroatoms. The van der Waals surface area contributed by atoms with E-state index < -0.39 is 0 Å². The molecule has 0 aromatic carbocycles. The summed E-state index contributed by atoms with van der Waals surface area (Å²) < 4.78 is 5.26. The molecule has 2 bridgehead atoms. The van der Waals surface area contributed by atoms with Crippen LogP contribution in [0.4, 0.5) is 0 Å². The largest absolute Gasteiger partial charge is 0.468 e. The summed E-state index contributed by atoms with van der Waals surface area (Å²) in [5, 5.41) is 0.239. The van der Waals surface area contributed by atoms with Crippen LogP contribution in [0.1, 0.15) is 32.4 Å². The number of carbonyl (C=O) groups is 1. The standard InChI is InChI=1S/C15H18O2S/c1-15(2)10-5-6-12(13(15)8-10)14(16)18-9-11-4-3-7-17-11/h3-4,6-7,10,13H,5,8-9H2,1-2H3/t10-,13-/m0/s1. The summed E-state index contributed by atoms with van der Waals surface area (Å²) >= 11 is 1.37. The van der Waals surface area contributed by atoms with E-state index in [1.165, 1.54) is 18.2 Å². The predicted molar refractivity (Wildman–Crippen MR) is 73.1 cm³/mol. The molecule has 3 aliphatic carbocycles. The van der Waals surface area contributed by atoms with Gasteiger partial charge in [-0.15, -0.1) is 0 Å². The topological polar surface area (TPSA) is 30.2 Å². The number of carbonyl (C=O) groups excluding carboxylic acids is 1. The molecule has 2 atom stereocenters. The lowest BCUT2D eigenvalue weighted by atomic mass is 9.49. The molecule has 0 saturated heterocycles. The first-order chi connectivity index (χ1) is 8.59. The van der Waals surface area contributed by atoms with Gasteiger partial charge in [-0.2, -0.15) is 0 Å². The zero-order chi connectivity index (χ0) is 12.8. The molecule has 1 aromatic rings. The third-order valence-corrected chi connectivity index (χ3v) is 5.56. The van der Waals surface area contributed by atoms with Crippen LogP contribution in [0.2, 0.25) is 0 Å². The van der Waals surface area contributed by atoms with E-state index >= 15 is 0 Å². The number of allylic oxidation sites excluding steroid dienone is 1. The maximum atomic E-state index is 12.3. The van der Waals surface area contributed by atoms with Crippen LogP contribution in [0.25, 0.3) is 0 Å². The van der Waals surface area contributed by atoms with Gasteiger partial charge in [-0.05, 0) is 42.2 Å². The molecule has 0 radical (unpaired) electrons. The molecule has 0 aliphatic heterocycles. The highest BCUT2D eigenvalue weighted by atomic mass is 32.2. The highest BCUT2D eigenvalue weighted by Crippen LogP contribution is 2.59. The Morgan fingerprint density at radius 3 is 3.00 bits per heavy atom. The molecule has 1 fully saturated rings. The molecule has 1 saturated carbocycles. The lowest BCUT2D eigenvalue weighted by molar-refractivity contribution is -0.111. The SMILES string of the molecule is CC1(C)[C@H]2CC=C(C(=O)SCc3ccco3)[C@@H]1C2. The van der Waals surface area contributed by atoms with Gasteiger partial charge < -0.3 is 4.42 Å². The van der Waals surface area contributed by atoms with E-state index in [2.05, 4.69) is 19.9 Å². The molecule has 0 N–H and O–H groups in total. The predicted octanol–water partition coefficient (Wildman–Crippen LogP) is 4.03. The molecule has 1 heterocycles. The molecule has 1 aromatic heterocycles. The Bertz CT molecular complexity index is 485. The second-order valence-electron chi connectivity index (χ2n) is 5.86. The van der Waals surface area contributed by atoms with Crippen LogP contribution in [-0.4, -0.2) is 5.12 Å². The summed E-state index contributed by atoms with van der Waals surface area (Å²) in [5.41, 5.74) is 1.38. The van der Waals surface area contributed by atoms with Crippen LogP contribution in [0.3, 0.4) is 0 Å². The van der Waals surface area contributed by atoms with Crippen LogP contribution >= 0.6 is 11.8 Å². The summed E-state index contributed by atoms with van der Waals surface area (Å²) in [4.78, 5) is 12.3. The van der Waals surface area contributed by atoms with Gasteiger partial charge in [0.05, 0.1) is 12.0 Å². The van der Waals surface area contributed by atoms with E-state index in [1.807, 2.05) is 12.1 Å². The van der Waals surface area contributed by atoms with Crippen molar-refractivity contribution in [2.24, 2.45) is 17.3 Å². The van der Waals surface area contributed by atoms with Gasteiger partial charge in [-0.1, -0.05) is 31.7 Å². The zero-order valence-electron chi connectivity index (χ0n) is 10.8. The van der Waals surface area contributed by atoms with Crippen molar-refractivity contribution in [2.45, 2.75) is 32.4 Å². The smallest absolute Gasteiger partial charge is 0.215 e. The molecule has 0 unspecified atom stereocenters. The normalized spacial score (nSPS) is 28.4. The van der Waals surface area contributed by atoms with Crippen molar-refractivity contribution in [3.63, 3.8) is 0 Å². The summed E-state index contributed by atoms with van der Waals surface area (Å²) in [6.07, 6.45) is 6.10. The van der Waals surface area contributed by atoms with Crippen molar-refractivity contribution in [3.8, 4) is 0 Å². The van der Waals surface area contributed by atoms with Gasteiger partial charge in [0.1, 0.15) is 5.76 Å². The third kappa shape index (κ3) is 1.85. The molecule has 96 valence electrons. The Hall–Kier alpha value is -0.960. The lowest BCUT2D eigenvalue weighted by Crippen LogP contribution is -2.49. The second kappa shape index (κ2) is 4.30. The van der Waals surface area contributed by atoms with Crippen LogP contribution in [0.5, 0.6) is 0 Å². The molecule has 4 rings (SSSR count). The first-order valence-corrected chi connectivity index (χ1v) is 7.47. The molecular formula is C15H18O2S. The first kappa shape index (κ1) is 12.1. The van der Waals surface area contributed by atoms with Crippen molar-refractivity contribution in [1.82, 2.24) is 0 Å². The fourth-order valence-corrected chi connectivity index (χ4v) is 4.03. The van der Waals surface area contributed by atoms with Crippen molar-refractivity contribution in [1.29, 1.82) is 0 Å². The number of hydrogen-bond donors (Lipinski definition) is 0. The average molecular weight is 262 g/mol. The molecule has 0 spiro atoms. The number of fused-ring (bicyclic) bond motifs is 1. The second-order valence-corrected chi connectivity index (χ2v) is 6.81. The van der Waals surface area contributed by atoms with Gasteiger partial charge in [0.2, 0.25) is 5.12 Å². The number of furan rings is 1. The Morgan fingerprint density at radius 1 is 1.56 bits per heavy atom. The van der Waals surface area contributed by atoms with E-state index in [4.69, 9.17) is 4.42 Å². The highest BCUT2D eigenvalue weighted by molar-refractivity contribution is 8.13. The minimum atomic E-state index is 0.239. The summed E-state index contributed by atoms with van der Waals surface area (Å²) in [6, 6.07) is 3.78. The van der Waals surface area contributed by atoms with Crippen LogP contribution in [0.15, 0.2) is 34.5 Å². The number of hydrogen-bond acceptors (Lipinski definition) is 3. The quantitative estimate of drug-likeness (QED) is 0.823. The van der Waals surface area contributed by atoms with Gasteiger partial charge in [-0.25, -0.2) is 0 Å². The van der Waals surface area contributed by atoms with Gasteiger partial charge >= 0.3 is 0 Å². The molecule has 18 heavy (non-hydrogen) atoms. The fraction of sp³-hybridized carbons (Fsp3) is 0.533. The van der Waals surface area contributed by atoms with Crippen molar-refractivity contribution in [2.75, 3.05) is 0 Å². The Kier molecular flexibility index (Phi) is 2.89. The monoisotopic (exact) mass is 262 g/mol. The summed E-state index contributed by atoms with van der Waals surface area (Å²) in [5.74, 6) is 2.78. The van der Waals surface area contributed by atoms with Crippen molar-refractivity contribution >= 4 is 16.9 Å². The first-order valence-electron chi connectivity index (χ1n) is 6.48. The Morgan fingerprint density at radius 2 is 2.39 bits per heavy atom. The van der Waals surface area contributed by atoms with Crippen molar-refractivity contribution < 1.29 is 9.21 Å². The average Bonchev–Trinajstić information content (AvgIpc) is 2.88. The number of rotatable bonds is 3. The maximum Gasteiger partial charge on any atom is 0.215 e. The van der Waals surface area contributed by atoms with E-state index in [-0.39, 0.29) is 5.12 Å².